The molecule has 0 saturated heterocycles. The fourth-order valence-electron chi connectivity index (χ4n) is 1.92. The minimum atomic E-state index is -2.59. The molecule has 0 atom stereocenters. The van der Waals surface area contributed by atoms with Crippen LogP contribution < -0.4 is 4.74 Å². The van der Waals surface area contributed by atoms with Crippen LogP contribution in [0.3, 0.4) is 0 Å². The number of ether oxygens (including phenoxy) is 1. The summed E-state index contributed by atoms with van der Waals surface area (Å²) in [6.45, 7) is 1.18. The zero-order chi connectivity index (χ0) is 15.9. The van der Waals surface area contributed by atoms with E-state index in [4.69, 9.17) is 4.74 Å². The van der Waals surface area contributed by atoms with Crippen molar-refractivity contribution in [1.29, 1.82) is 0 Å². The van der Waals surface area contributed by atoms with E-state index >= 15 is 0 Å². The second-order valence-corrected chi connectivity index (χ2v) is 4.50. The van der Waals surface area contributed by atoms with Crippen LogP contribution in [0.1, 0.15) is 17.4 Å². The van der Waals surface area contributed by atoms with Crippen molar-refractivity contribution in [3.63, 3.8) is 0 Å². The number of hydrogen-bond donors (Lipinski definition) is 0. The molecule has 0 aliphatic carbocycles. The van der Waals surface area contributed by atoms with Crippen LogP contribution in [0.5, 0.6) is 11.5 Å². The average molecular weight is 306 g/mol. The van der Waals surface area contributed by atoms with Gasteiger partial charge >= 0.3 is 0 Å². The molecule has 2 aromatic rings. The maximum absolute atomic E-state index is 12.5. The standard InChI is InChI=1S/C16H16F2N2O2/c1-2-20(11-14(17)18)16(21)15-13(9-6-10-19-15)22-12-7-4-3-5-8-12/h3-10,14H,2,11H2,1H3. The minimum Gasteiger partial charge on any atom is -0.455 e. The van der Waals surface area contributed by atoms with Gasteiger partial charge in [-0.2, -0.15) is 0 Å². The van der Waals surface area contributed by atoms with E-state index in [1.807, 2.05) is 6.07 Å². The number of alkyl halides is 2. The van der Waals surface area contributed by atoms with Crippen molar-refractivity contribution >= 4 is 5.91 Å². The fraction of sp³-hybridized carbons (Fsp3) is 0.250. The molecule has 0 unspecified atom stereocenters. The molecule has 0 spiro atoms. The maximum atomic E-state index is 12.5. The summed E-state index contributed by atoms with van der Waals surface area (Å²) in [6.07, 6.45) is -1.16. The molecule has 116 valence electrons. The van der Waals surface area contributed by atoms with Crippen molar-refractivity contribution in [2.24, 2.45) is 0 Å². The first-order valence-electron chi connectivity index (χ1n) is 6.87. The molecule has 0 radical (unpaired) electrons. The van der Waals surface area contributed by atoms with Gasteiger partial charge in [0.1, 0.15) is 5.75 Å². The monoisotopic (exact) mass is 306 g/mol. The summed E-state index contributed by atoms with van der Waals surface area (Å²) >= 11 is 0. The quantitative estimate of drug-likeness (QED) is 0.819. The number of aromatic nitrogens is 1. The van der Waals surface area contributed by atoms with Crippen LogP contribution in [0, 0.1) is 0 Å². The van der Waals surface area contributed by atoms with Gasteiger partial charge in [0.05, 0.1) is 6.54 Å². The Balaban J connectivity index is 2.25. The molecule has 0 aliphatic heterocycles. The molecule has 4 nitrogen and oxygen atoms in total. The highest BCUT2D eigenvalue weighted by atomic mass is 19.3. The lowest BCUT2D eigenvalue weighted by molar-refractivity contribution is 0.0561. The van der Waals surface area contributed by atoms with Crippen LogP contribution in [-0.2, 0) is 0 Å². The third-order valence-corrected chi connectivity index (χ3v) is 2.97. The minimum absolute atomic E-state index is 0.0221. The molecule has 0 aliphatic rings. The third-order valence-electron chi connectivity index (χ3n) is 2.97. The summed E-state index contributed by atoms with van der Waals surface area (Å²) in [5.74, 6) is 0.210. The Bertz CT molecular complexity index is 621. The number of halogens is 2. The summed E-state index contributed by atoms with van der Waals surface area (Å²) in [5.41, 5.74) is 0.0221. The number of nitrogens with zero attached hydrogens (tertiary/aromatic N) is 2. The Kier molecular flexibility index (Phi) is 5.41. The number of carbonyl (C=O) groups is 1. The summed E-state index contributed by atoms with van der Waals surface area (Å²) < 4.78 is 30.7. The van der Waals surface area contributed by atoms with Crippen molar-refractivity contribution in [3.8, 4) is 11.5 Å². The van der Waals surface area contributed by atoms with Gasteiger partial charge in [-0.05, 0) is 31.2 Å². The van der Waals surface area contributed by atoms with E-state index in [2.05, 4.69) is 4.98 Å². The second kappa shape index (κ2) is 7.49. The normalized spacial score (nSPS) is 10.5. The van der Waals surface area contributed by atoms with E-state index in [1.165, 1.54) is 6.20 Å². The van der Waals surface area contributed by atoms with Gasteiger partial charge < -0.3 is 9.64 Å². The molecule has 22 heavy (non-hydrogen) atoms. The molecule has 0 bridgehead atoms. The second-order valence-electron chi connectivity index (χ2n) is 4.50. The molecule has 1 amide bonds. The van der Waals surface area contributed by atoms with Gasteiger partial charge in [-0.15, -0.1) is 0 Å². The molecule has 1 aromatic carbocycles. The summed E-state index contributed by atoms with van der Waals surface area (Å²) in [7, 11) is 0. The highest BCUT2D eigenvalue weighted by Gasteiger charge is 2.22. The van der Waals surface area contributed by atoms with Crippen molar-refractivity contribution in [3.05, 3.63) is 54.4 Å². The molecule has 1 aromatic heterocycles. The van der Waals surface area contributed by atoms with E-state index in [0.29, 0.717) is 5.75 Å². The average Bonchev–Trinajstić information content (AvgIpc) is 2.53. The predicted octanol–water partition coefficient (Wildman–Crippen LogP) is 3.60. The number of benzene rings is 1. The topological polar surface area (TPSA) is 42.4 Å². The number of rotatable bonds is 6. The third kappa shape index (κ3) is 4.00. The zero-order valence-electron chi connectivity index (χ0n) is 12.1. The molecule has 2 rings (SSSR count). The smallest absolute Gasteiger partial charge is 0.276 e. The SMILES string of the molecule is CCN(CC(F)F)C(=O)c1ncccc1Oc1ccccc1. The molecule has 0 fully saturated rings. The number of para-hydroxylation sites is 1. The van der Waals surface area contributed by atoms with Crippen molar-refractivity contribution in [2.45, 2.75) is 13.3 Å². The Morgan fingerprint density at radius 2 is 1.95 bits per heavy atom. The lowest BCUT2D eigenvalue weighted by atomic mass is 10.2. The lowest BCUT2D eigenvalue weighted by Gasteiger charge is -2.21. The first-order valence-corrected chi connectivity index (χ1v) is 6.87. The van der Waals surface area contributed by atoms with Crippen molar-refractivity contribution in [2.75, 3.05) is 13.1 Å². The molecule has 1 heterocycles. The van der Waals surface area contributed by atoms with Gasteiger partial charge in [0, 0.05) is 12.7 Å². The number of carbonyl (C=O) groups excluding carboxylic acids is 1. The predicted molar refractivity (Wildman–Crippen MR) is 78.3 cm³/mol. The summed E-state index contributed by atoms with van der Waals surface area (Å²) in [6, 6.07) is 12.1. The van der Waals surface area contributed by atoms with Gasteiger partial charge in [0.15, 0.2) is 11.4 Å². The molecule has 0 saturated carbocycles. The number of hydrogen-bond acceptors (Lipinski definition) is 3. The molecule has 6 heteroatoms. The lowest BCUT2D eigenvalue weighted by Crippen LogP contribution is -2.35. The summed E-state index contributed by atoms with van der Waals surface area (Å²) in [5, 5.41) is 0. The largest absolute Gasteiger partial charge is 0.455 e. The highest BCUT2D eigenvalue weighted by Crippen LogP contribution is 2.24. The van der Waals surface area contributed by atoms with E-state index in [0.717, 1.165) is 4.90 Å². The van der Waals surface area contributed by atoms with Crippen LogP contribution in [0.4, 0.5) is 8.78 Å². The fourth-order valence-corrected chi connectivity index (χ4v) is 1.92. The van der Waals surface area contributed by atoms with E-state index in [1.54, 1.807) is 43.3 Å². The Morgan fingerprint density at radius 1 is 1.23 bits per heavy atom. The van der Waals surface area contributed by atoms with Crippen LogP contribution in [-0.4, -0.2) is 35.3 Å². The molecular weight excluding hydrogens is 290 g/mol. The van der Waals surface area contributed by atoms with Crippen LogP contribution in [0.25, 0.3) is 0 Å². The van der Waals surface area contributed by atoms with Crippen LogP contribution in [0.2, 0.25) is 0 Å². The van der Waals surface area contributed by atoms with Gasteiger partial charge in [0.25, 0.3) is 12.3 Å². The van der Waals surface area contributed by atoms with E-state index < -0.39 is 18.9 Å². The maximum Gasteiger partial charge on any atom is 0.276 e. The van der Waals surface area contributed by atoms with E-state index in [9.17, 15) is 13.6 Å². The Labute approximate surface area is 127 Å². The highest BCUT2D eigenvalue weighted by molar-refractivity contribution is 5.95. The first-order chi connectivity index (χ1) is 10.6. The van der Waals surface area contributed by atoms with E-state index in [-0.39, 0.29) is 18.0 Å². The zero-order valence-corrected chi connectivity index (χ0v) is 12.1. The van der Waals surface area contributed by atoms with Gasteiger partial charge in [-0.25, -0.2) is 13.8 Å². The summed E-state index contributed by atoms with van der Waals surface area (Å²) in [4.78, 5) is 17.4. The van der Waals surface area contributed by atoms with Gasteiger partial charge in [-0.1, -0.05) is 18.2 Å². The number of amides is 1. The van der Waals surface area contributed by atoms with Gasteiger partial charge in [-0.3, -0.25) is 4.79 Å². The number of pyridine rings is 1. The molecule has 0 N–H and O–H groups in total. The Hall–Kier alpha value is -2.50. The first kappa shape index (κ1) is 15.9. The van der Waals surface area contributed by atoms with Crippen molar-refractivity contribution < 1.29 is 18.3 Å². The Morgan fingerprint density at radius 3 is 2.59 bits per heavy atom. The van der Waals surface area contributed by atoms with Crippen LogP contribution in [0.15, 0.2) is 48.7 Å². The van der Waals surface area contributed by atoms with Gasteiger partial charge in [0.2, 0.25) is 0 Å². The molecular formula is C16H16F2N2O2. The van der Waals surface area contributed by atoms with Crippen LogP contribution >= 0.6 is 0 Å². The van der Waals surface area contributed by atoms with Crippen molar-refractivity contribution in [1.82, 2.24) is 9.88 Å².